The number of aryl methyl sites for hydroxylation is 1. The van der Waals surface area contributed by atoms with E-state index < -0.39 is 35.4 Å². The Labute approximate surface area is 389 Å². The summed E-state index contributed by atoms with van der Waals surface area (Å²) < 4.78 is 88.2. The zero-order chi connectivity index (χ0) is 29.2. The second kappa shape index (κ2) is 20.6. The maximum Gasteiger partial charge on any atom is 0.573 e. The Morgan fingerprint density at radius 1 is 0.565 bits per heavy atom. The molecule has 0 aliphatic heterocycles. The van der Waals surface area contributed by atoms with Crippen molar-refractivity contribution < 1.29 is 199 Å². The first-order chi connectivity index (χ1) is 19.5. The first-order valence-electron chi connectivity index (χ1n) is 12.1. The monoisotopic (exact) mass is 1000 g/mol. The summed E-state index contributed by atoms with van der Waals surface area (Å²) in [6, 6.07) is 35.5. The van der Waals surface area contributed by atoms with Crippen LogP contribution in [-0.2, 0) is 170 Å². The predicted molar refractivity (Wildman–Crippen MR) is 139 cm³/mol. The van der Waals surface area contributed by atoms with Gasteiger partial charge in [0.15, 0.2) is 11.6 Å². The SMILES string of the molecule is Cc1c[c-]c(-c2c[c-]c(-c3c[c-]c(-c4ccc(C(F)(F)Oc5ccc(OC(F)(F)F)c(F)c5)cc4)[c-]c3)[c-]c2)cc1.[Y].[Y].[Y].[Y].[Y]. The minimum Gasteiger partial charge on any atom is -0.429 e. The molecule has 46 heavy (non-hydrogen) atoms. The van der Waals surface area contributed by atoms with Crippen LogP contribution in [0.15, 0.2) is 84.9 Å². The van der Waals surface area contributed by atoms with E-state index in [0.717, 1.165) is 40.5 Å². The quantitative estimate of drug-likeness (QED) is 0.120. The Bertz CT molecular complexity index is 1650. The van der Waals surface area contributed by atoms with Crippen molar-refractivity contribution in [3.63, 3.8) is 0 Å². The van der Waals surface area contributed by atoms with Gasteiger partial charge < -0.3 is 9.47 Å². The van der Waals surface area contributed by atoms with E-state index in [4.69, 9.17) is 0 Å². The maximum atomic E-state index is 14.7. The molecule has 223 valence electrons. The number of benzene rings is 5. The summed E-state index contributed by atoms with van der Waals surface area (Å²) in [5.74, 6) is -3.34. The molecule has 0 bridgehead atoms. The van der Waals surface area contributed by atoms with Crippen LogP contribution in [0.25, 0.3) is 33.4 Å². The standard InChI is InChI=1S/C33H17F6O2.5Y/c1-21-2-4-22(5-3-21)23-6-8-24(9-7-23)25-10-12-26(13-11-25)27-14-16-28(17-15-27)32(35,36)40-29-18-19-31(30(34)20-29)41-33(37,38)39;;;;;/h2-4,6-7,10-11,14-20H,1H3;;;;;/q-5;;;;;. The third kappa shape index (κ3) is 12.8. The molecule has 0 fully saturated rings. The fraction of sp³-hybridized carbons (Fsp3) is 0.0909. The number of hydrogen-bond donors (Lipinski definition) is 0. The number of halogens is 6. The van der Waals surface area contributed by atoms with Crippen LogP contribution < -0.4 is 9.47 Å². The fourth-order valence-corrected chi connectivity index (χ4v) is 3.87. The molecule has 0 saturated heterocycles. The molecule has 0 atom stereocenters. The van der Waals surface area contributed by atoms with Crippen molar-refractivity contribution in [3.05, 3.63) is 132 Å². The molecule has 0 spiro atoms. The molecule has 0 aromatic heterocycles. The van der Waals surface area contributed by atoms with Crippen LogP contribution in [0.2, 0.25) is 0 Å². The zero-order valence-electron chi connectivity index (χ0n) is 24.1. The second-order valence-corrected chi connectivity index (χ2v) is 8.93. The molecule has 5 aromatic rings. The average molecular weight is 1000 g/mol. The van der Waals surface area contributed by atoms with Gasteiger partial charge in [-0.15, -0.1) is 43.0 Å². The van der Waals surface area contributed by atoms with Crippen LogP contribution in [0.5, 0.6) is 11.5 Å². The Morgan fingerprint density at radius 3 is 1.61 bits per heavy atom. The minimum atomic E-state index is -5.13. The molecular formula is C33H17F6O2Y5-5. The zero-order valence-corrected chi connectivity index (χ0v) is 38.2. The van der Waals surface area contributed by atoms with Crippen LogP contribution in [0.3, 0.4) is 0 Å². The molecule has 0 amide bonds. The van der Waals surface area contributed by atoms with Crippen LogP contribution >= 0.6 is 0 Å². The molecule has 0 unspecified atom stereocenters. The summed E-state index contributed by atoms with van der Waals surface area (Å²) in [5.41, 5.74) is 4.98. The normalized spacial score (nSPS) is 10.5. The summed E-state index contributed by atoms with van der Waals surface area (Å²) in [5, 5.41) is 0. The van der Waals surface area contributed by atoms with Crippen LogP contribution in [0, 0.1) is 43.1 Å². The summed E-state index contributed by atoms with van der Waals surface area (Å²) in [6.45, 7) is 1.99. The molecule has 5 radical (unpaired) electrons. The largest absolute Gasteiger partial charge is 0.573 e. The van der Waals surface area contributed by atoms with Gasteiger partial charge in [0.25, 0.3) is 0 Å². The van der Waals surface area contributed by atoms with E-state index in [1.807, 2.05) is 37.3 Å². The molecule has 5 rings (SSSR count). The average Bonchev–Trinajstić information content (AvgIpc) is 2.94. The molecule has 0 heterocycles. The fourth-order valence-electron chi connectivity index (χ4n) is 3.87. The summed E-state index contributed by atoms with van der Waals surface area (Å²) in [7, 11) is 0. The number of hydrogen-bond acceptors (Lipinski definition) is 2. The molecule has 0 saturated carbocycles. The Balaban J connectivity index is 0.00000405. The van der Waals surface area contributed by atoms with Crippen LogP contribution in [0.1, 0.15) is 11.1 Å². The Hall–Kier alpha value is 0.799. The first kappa shape index (κ1) is 46.8. The van der Waals surface area contributed by atoms with E-state index in [1.54, 1.807) is 12.1 Å². The van der Waals surface area contributed by atoms with Gasteiger partial charge in [0.2, 0.25) is 0 Å². The van der Waals surface area contributed by atoms with E-state index in [-0.39, 0.29) is 164 Å². The van der Waals surface area contributed by atoms with Gasteiger partial charge >= 0.3 is 12.5 Å². The van der Waals surface area contributed by atoms with E-state index in [9.17, 15) is 26.3 Å². The number of rotatable bonds is 7. The van der Waals surface area contributed by atoms with E-state index >= 15 is 0 Å². The van der Waals surface area contributed by atoms with Crippen molar-refractivity contribution in [2.75, 3.05) is 0 Å². The van der Waals surface area contributed by atoms with Gasteiger partial charge in [-0.25, -0.2) is 39.8 Å². The van der Waals surface area contributed by atoms with Gasteiger partial charge in [-0.1, -0.05) is 19.1 Å². The molecule has 0 N–H and O–H groups in total. The van der Waals surface area contributed by atoms with Crippen molar-refractivity contribution in [1.82, 2.24) is 0 Å². The third-order valence-electron chi connectivity index (χ3n) is 5.94. The van der Waals surface area contributed by atoms with Gasteiger partial charge in [0, 0.05) is 170 Å². The van der Waals surface area contributed by atoms with Crippen LogP contribution in [-0.4, -0.2) is 6.36 Å². The van der Waals surface area contributed by atoms with Crippen molar-refractivity contribution in [2.24, 2.45) is 0 Å². The molecule has 5 aromatic carbocycles. The molecule has 13 heteroatoms. The van der Waals surface area contributed by atoms with Crippen molar-refractivity contribution in [1.29, 1.82) is 0 Å². The van der Waals surface area contributed by atoms with Gasteiger partial charge in [-0.3, -0.25) is 35.4 Å². The molecular weight excluding hydrogens is 987 g/mol. The second-order valence-electron chi connectivity index (χ2n) is 8.93. The number of alkyl halides is 5. The molecule has 0 aliphatic rings. The molecule has 2 nitrogen and oxygen atoms in total. The van der Waals surface area contributed by atoms with Crippen LogP contribution in [0.4, 0.5) is 26.3 Å². The van der Waals surface area contributed by atoms with E-state index in [1.165, 1.54) is 12.1 Å². The Morgan fingerprint density at radius 2 is 1.11 bits per heavy atom. The van der Waals surface area contributed by atoms with Gasteiger partial charge in [-0.05, 0) is 12.1 Å². The first-order valence-corrected chi connectivity index (χ1v) is 12.1. The van der Waals surface area contributed by atoms with Crippen molar-refractivity contribution in [2.45, 2.75) is 19.4 Å². The molecule has 0 aliphatic carbocycles. The summed E-state index contributed by atoms with van der Waals surface area (Å²) in [6.07, 6.45) is -9.03. The number of ether oxygens (including phenoxy) is 2. The third-order valence-corrected chi connectivity index (χ3v) is 5.94. The Kier molecular flexibility index (Phi) is 21.0. The summed E-state index contributed by atoms with van der Waals surface area (Å²) in [4.78, 5) is 0. The van der Waals surface area contributed by atoms with Gasteiger partial charge in [0.1, 0.15) is 5.75 Å². The van der Waals surface area contributed by atoms with Gasteiger partial charge in [0.05, 0.1) is 5.56 Å². The van der Waals surface area contributed by atoms with Crippen molar-refractivity contribution in [3.8, 4) is 44.9 Å². The van der Waals surface area contributed by atoms with E-state index in [2.05, 4.69) is 39.8 Å². The summed E-state index contributed by atoms with van der Waals surface area (Å²) >= 11 is 0. The van der Waals surface area contributed by atoms with Gasteiger partial charge in [-0.2, -0.15) is 32.0 Å². The minimum absolute atomic E-state index is 0. The maximum absolute atomic E-state index is 14.7. The van der Waals surface area contributed by atoms with E-state index in [0.29, 0.717) is 28.8 Å². The van der Waals surface area contributed by atoms with Crippen molar-refractivity contribution >= 4 is 0 Å². The predicted octanol–water partition coefficient (Wildman–Crippen LogP) is 9.15. The topological polar surface area (TPSA) is 18.5 Å². The smallest absolute Gasteiger partial charge is 0.429 e.